The number of carbonyl (C=O) groups is 1. The predicted octanol–water partition coefficient (Wildman–Crippen LogP) is 12.7. The summed E-state index contributed by atoms with van der Waals surface area (Å²) in [4.78, 5) is 14.0. The fraction of sp³-hybridized carbons (Fsp3) is 0.444. The molecule has 0 saturated heterocycles. The van der Waals surface area contributed by atoms with Gasteiger partial charge in [-0.15, -0.1) is 12.4 Å². The van der Waals surface area contributed by atoms with E-state index in [0.717, 1.165) is 35.5 Å². The van der Waals surface area contributed by atoms with Gasteiger partial charge in [-0.25, -0.2) is 4.79 Å². The van der Waals surface area contributed by atoms with E-state index in [1.165, 1.54) is 24.3 Å². The summed E-state index contributed by atoms with van der Waals surface area (Å²) < 4.78 is 97.8. The van der Waals surface area contributed by atoms with Gasteiger partial charge in [0.25, 0.3) is 0 Å². The lowest BCUT2D eigenvalue weighted by molar-refractivity contribution is -0.139. The molecule has 6 nitrogen and oxygen atoms in total. The van der Waals surface area contributed by atoms with Crippen LogP contribution >= 0.6 is 12.4 Å². The first-order chi connectivity index (χ1) is 26.7. The van der Waals surface area contributed by atoms with Crippen molar-refractivity contribution in [3.8, 4) is 11.5 Å². The number of halogens is 7. The fourth-order valence-electron chi connectivity index (χ4n) is 6.89. The van der Waals surface area contributed by atoms with Gasteiger partial charge < -0.3 is 19.5 Å². The molecule has 2 aliphatic heterocycles. The van der Waals surface area contributed by atoms with E-state index in [0.29, 0.717) is 54.4 Å². The van der Waals surface area contributed by atoms with Crippen LogP contribution in [-0.2, 0) is 56.0 Å². The molecule has 0 radical (unpaired) electrons. The number of nitrogens with one attached hydrogen (secondary N) is 1. The van der Waals surface area contributed by atoms with Crippen LogP contribution in [-0.4, -0.2) is 24.8 Å². The summed E-state index contributed by atoms with van der Waals surface area (Å²) in [7, 11) is 0. The quantitative estimate of drug-likeness (QED) is 0.161. The van der Waals surface area contributed by atoms with Crippen molar-refractivity contribution in [3.05, 3.63) is 117 Å². The summed E-state index contributed by atoms with van der Waals surface area (Å²) in [6.45, 7) is 14.5. The maximum absolute atomic E-state index is 13.6. The Morgan fingerprint density at radius 2 is 1.19 bits per heavy atom. The van der Waals surface area contributed by atoms with Crippen LogP contribution in [0.3, 0.4) is 0 Å². The van der Waals surface area contributed by atoms with Crippen molar-refractivity contribution < 1.29 is 45.3 Å². The number of benzene rings is 4. The maximum Gasteiger partial charge on any atom is 0.416 e. The standard InChI is InChI=1S/C25H30F3NO3.C20H22F3NO.ClH/c1-16(2)12-17-6-7-19(21(13-17)25(26,27)28)15-31-20-8-9-22-18(14-20)10-11-29(22)23(30)32-24(3,4)5;1-13(2)9-14-3-4-16(18(10-14)20(21,22)23)12-25-17-5-6-19-15(11-17)7-8-24-19;/h6-9,13-14,16H,10-12,15H2,1-5H3;3-6,10-11,13,24H,7-9,12H2,1-2H3;1H. The van der Waals surface area contributed by atoms with Gasteiger partial charge in [-0.05, 0) is 129 Å². The molecule has 1 N–H and O–H groups in total. The Morgan fingerprint density at radius 3 is 1.67 bits per heavy atom. The van der Waals surface area contributed by atoms with Crippen molar-refractivity contribution in [1.82, 2.24) is 0 Å². The van der Waals surface area contributed by atoms with E-state index in [1.54, 1.807) is 41.3 Å². The number of carbonyl (C=O) groups excluding carboxylic acids is 1. The minimum atomic E-state index is -4.45. The number of hydrogen-bond acceptors (Lipinski definition) is 5. The first-order valence-electron chi connectivity index (χ1n) is 19.3. The summed E-state index contributed by atoms with van der Waals surface area (Å²) in [5.41, 5.74) is 3.62. The summed E-state index contributed by atoms with van der Waals surface area (Å²) in [6, 6.07) is 19.8. The van der Waals surface area contributed by atoms with Crippen molar-refractivity contribution in [1.29, 1.82) is 0 Å². The van der Waals surface area contributed by atoms with E-state index in [1.807, 2.05) is 60.6 Å². The second kappa shape index (κ2) is 19.0. The van der Waals surface area contributed by atoms with E-state index in [4.69, 9.17) is 14.2 Å². The maximum atomic E-state index is 13.6. The molecule has 4 aromatic rings. The molecule has 316 valence electrons. The zero-order valence-corrected chi connectivity index (χ0v) is 34.8. The van der Waals surface area contributed by atoms with Crippen molar-refractivity contribution >= 4 is 29.9 Å². The molecule has 0 unspecified atom stereocenters. The van der Waals surface area contributed by atoms with Gasteiger partial charge in [0.05, 0.1) is 16.8 Å². The SMILES string of the molecule is CC(C)Cc1ccc(COc2ccc3c(c2)CCN3)c(C(F)(F)F)c1.CC(C)Cc1ccc(COc2ccc3c(c2)CCN3C(=O)OC(C)(C)C)c(C(F)(F)F)c1.Cl. The normalized spacial score (nSPS) is 13.6. The van der Waals surface area contributed by atoms with Crippen molar-refractivity contribution in [2.45, 2.75) is 105 Å². The second-order valence-electron chi connectivity index (χ2n) is 16.4. The zero-order valence-electron chi connectivity index (χ0n) is 34.0. The Balaban J connectivity index is 0.000000259. The van der Waals surface area contributed by atoms with E-state index in [2.05, 4.69) is 5.32 Å². The van der Waals surface area contributed by atoms with Crippen molar-refractivity contribution in [2.75, 3.05) is 23.3 Å². The summed E-state index contributed by atoms with van der Waals surface area (Å²) >= 11 is 0. The highest BCUT2D eigenvalue weighted by atomic mass is 35.5. The Morgan fingerprint density at radius 1 is 0.690 bits per heavy atom. The lowest BCUT2D eigenvalue weighted by atomic mass is 9.98. The minimum Gasteiger partial charge on any atom is -0.489 e. The topological polar surface area (TPSA) is 60.0 Å². The van der Waals surface area contributed by atoms with Gasteiger partial charge in [0.1, 0.15) is 30.3 Å². The van der Waals surface area contributed by atoms with Crippen molar-refractivity contribution in [3.63, 3.8) is 0 Å². The molecule has 6 rings (SSSR count). The highest BCUT2D eigenvalue weighted by Crippen LogP contribution is 2.37. The number of hydrogen-bond donors (Lipinski definition) is 1. The Bertz CT molecular complexity index is 2020. The molecule has 4 aromatic carbocycles. The third-order valence-corrected chi connectivity index (χ3v) is 9.38. The van der Waals surface area contributed by atoms with Crippen LogP contribution in [0.25, 0.3) is 0 Å². The zero-order chi connectivity index (χ0) is 41.7. The molecule has 0 spiro atoms. The molecule has 0 bridgehead atoms. The highest BCUT2D eigenvalue weighted by Gasteiger charge is 2.35. The third-order valence-electron chi connectivity index (χ3n) is 9.38. The molecule has 13 heteroatoms. The van der Waals surface area contributed by atoms with Crippen LogP contribution in [0.2, 0.25) is 0 Å². The number of rotatable bonds is 10. The number of fused-ring (bicyclic) bond motifs is 2. The number of amides is 1. The molecule has 58 heavy (non-hydrogen) atoms. The van der Waals surface area contributed by atoms with Gasteiger partial charge in [0, 0.05) is 29.9 Å². The molecule has 2 aliphatic rings. The van der Waals surface area contributed by atoms with Gasteiger partial charge in [-0.1, -0.05) is 52.0 Å². The van der Waals surface area contributed by atoms with E-state index < -0.39 is 35.2 Å². The predicted molar refractivity (Wildman–Crippen MR) is 218 cm³/mol. The fourth-order valence-corrected chi connectivity index (χ4v) is 6.89. The van der Waals surface area contributed by atoms with Crippen LogP contribution in [0.1, 0.15) is 93.0 Å². The van der Waals surface area contributed by atoms with Crippen molar-refractivity contribution in [2.24, 2.45) is 11.8 Å². The first-order valence-corrected chi connectivity index (χ1v) is 19.3. The second-order valence-corrected chi connectivity index (χ2v) is 16.4. The van der Waals surface area contributed by atoms with Gasteiger partial charge in [0.2, 0.25) is 0 Å². The number of alkyl halides is 6. The molecule has 0 aromatic heterocycles. The number of ether oxygens (including phenoxy) is 3. The summed E-state index contributed by atoms with van der Waals surface area (Å²) in [6.07, 6.45) is -6.49. The number of nitrogens with zero attached hydrogens (tertiary/aromatic N) is 1. The van der Waals surface area contributed by atoms with Gasteiger partial charge >= 0.3 is 18.4 Å². The molecular formula is C45H53ClF6N2O4. The Kier molecular flexibility index (Phi) is 15.1. The number of anilines is 2. The summed E-state index contributed by atoms with van der Waals surface area (Å²) in [5, 5.41) is 3.25. The molecule has 2 heterocycles. The highest BCUT2D eigenvalue weighted by molar-refractivity contribution is 5.90. The third kappa shape index (κ3) is 12.7. The molecule has 0 saturated carbocycles. The molecule has 1 amide bonds. The van der Waals surface area contributed by atoms with Crippen LogP contribution in [0.5, 0.6) is 11.5 Å². The first kappa shape index (κ1) is 46.1. The average molecular weight is 835 g/mol. The minimum absolute atomic E-state index is 0. The monoisotopic (exact) mass is 834 g/mol. The lowest BCUT2D eigenvalue weighted by Crippen LogP contribution is -2.35. The van der Waals surface area contributed by atoms with E-state index in [9.17, 15) is 31.1 Å². The van der Waals surface area contributed by atoms with Gasteiger partial charge in [0.15, 0.2) is 0 Å². The van der Waals surface area contributed by atoms with Crippen LogP contribution in [0.4, 0.5) is 42.5 Å². The Labute approximate surface area is 343 Å². The van der Waals surface area contributed by atoms with Crippen LogP contribution < -0.4 is 19.7 Å². The molecule has 0 fully saturated rings. The average Bonchev–Trinajstić information content (AvgIpc) is 3.75. The van der Waals surface area contributed by atoms with Crippen LogP contribution in [0.15, 0.2) is 72.8 Å². The lowest BCUT2D eigenvalue weighted by Gasteiger charge is -2.24. The molecular weight excluding hydrogens is 782 g/mol. The Hall–Kier alpha value is -4.58. The van der Waals surface area contributed by atoms with Crippen LogP contribution in [0, 0.1) is 11.8 Å². The molecule has 0 aliphatic carbocycles. The molecule has 0 atom stereocenters. The largest absolute Gasteiger partial charge is 0.489 e. The van der Waals surface area contributed by atoms with Gasteiger partial charge in [-0.3, -0.25) is 4.90 Å². The smallest absolute Gasteiger partial charge is 0.416 e. The van der Waals surface area contributed by atoms with Gasteiger partial charge in [-0.2, -0.15) is 26.3 Å². The summed E-state index contributed by atoms with van der Waals surface area (Å²) in [5.74, 6) is 1.64. The van der Waals surface area contributed by atoms with E-state index >= 15 is 0 Å². The van der Waals surface area contributed by atoms with E-state index in [-0.39, 0.29) is 42.7 Å².